The third-order valence-electron chi connectivity index (χ3n) is 6.49. The number of sulfone groups is 1. The molecule has 1 aromatic heterocycles. The van der Waals surface area contributed by atoms with E-state index < -0.39 is 15.3 Å². The second-order valence-electron chi connectivity index (χ2n) is 9.83. The van der Waals surface area contributed by atoms with Gasteiger partial charge in [0.15, 0.2) is 15.6 Å². The number of hydrogen-bond acceptors (Lipinski definition) is 4. The van der Waals surface area contributed by atoms with Crippen LogP contribution >= 0.6 is 0 Å². The van der Waals surface area contributed by atoms with Crippen LogP contribution in [-0.2, 0) is 9.84 Å². The molecule has 0 aliphatic carbocycles. The molecule has 170 valence electrons. The summed E-state index contributed by atoms with van der Waals surface area (Å²) in [6.45, 7) is 9.75. The molecule has 3 aromatic rings. The fourth-order valence-electron chi connectivity index (χ4n) is 4.79. The molecule has 7 heteroatoms. The molecule has 0 saturated carbocycles. The summed E-state index contributed by atoms with van der Waals surface area (Å²) in [7, 11) is -3.08. The van der Waals surface area contributed by atoms with E-state index in [-0.39, 0.29) is 35.4 Å². The fraction of sp³-hybridized carbons (Fsp3) is 0.440. The van der Waals surface area contributed by atoms with Crippen molar-refractivity contribution in [3.8, 4) is 5.69 Å². The van der Waals surface area contributed by atoms with Crippen molar-refractivity contribution < 1.29 is 13.2 Å². The van der Waals surface area contributed by atoms with E-state index in [1.54, 1.807) is 21.3 Å². The Balaban J connectivity index is 1.83. The third-order valence-corrected chi connectivity index (χ3v) is 8.45. The minimum atomic E-state index is -3.08. The zero-order valence-electron chi connectivity index (χ0n) is 19.3. The average molecular weight is 455 g/mol. The highest BCUT2D eigenvalue weighted by Gasteiger charge is 2.40. The van der Waals surface area contributed by atoms with Gasteiger partial charge in [-0.05, 0) is 74.9 Å². The Kier molecular flexibility index (Phi) is 5.44. The van der Waals surface area contributed by atoms with Gasteiger partial charge in [0.05, 0.1) is 28.2 Å². The number of benzene rings is 2. The molecule has 1 atom stereocenters. The molecule has 32 heavy (non-hydrogen) atoms. The van der Waals surface area contributed by atoms with Crippen molar-refractivity contribution in [3.63, 3.8) is 0 Å². The second-order valence-corrected chi connectivity index (χ2v) is 12.0. The van der Waals surface area contributed by atoms with Gasteiger partial charge in [-0.25, -0.2) is 13.2 Å². The Morgan fingerprint density at radius 3 is 2.44 bits per heavy atom. The summed E-state index contributed by atoms with van der Waals surface area (Å²) in [5.74, 6) is 0.100. The van der Waals surface area contributed by atoms with E-state index in [0.29, 0.717) is 17.5 Å². The Bertz CT molecular complexity index is 1400. The lowest BCUT2D eigenvalue weighted by atomic mass is 9.83. The number of ketones is 1. The maximum atomic E-state index is 13.5. The summed E-state index contributed by atoms with van der Waals surface area (Å²) in [5.41, 5.74) is 4.20. The lowest BCUT2D eigenvalue weighted by molar-refractivity contribution is 0.0934. The summed E-state index contributed by atoms with van der Waals surface area (Å²) in [6.07, 6.45) is 0.685. The highest BCUT2D eigenvalue weighted by atomic mass is 32.2. The van der Waals surface area contributed by atoms with Crippen molar-refractivity contribution in [2.75, 3.05) is 11.5 Å². The molecule has 4 rings (SSSR count). The Morgan fingerprint density at radius 2 is 1.81 bits per heavy atom. The molecular formula is C25H30N2O4S. The van der Waals surface area contributed by atoms with Crippen LogP contribution in [0, 0.1) is 19.3 Å². The van der Waals surface area contributed by atoms with E-state index in [0.717, 1.165) is 22.3 Å². The topological polar surface area (TPSA) is 78.1 Å². The first-order valence-corrected chi connectivity index (χ1v) is 12.8. The number of hydrogen-bond donors (Lipinski definition) is 0. The van der Waals surface area contributed by atoms with Gasteiger partial charge in [-0.1, -0.05) is 19.1 Å². The van der Waals surface area contributed by atoms with Gasteiger partial charge in [0.2, 0.25) is 0 Å². The number of carbonyl (C=O) groups is 1. The molecule has 0 spiro atoms. The van der Waals surface area contributed by atoms with Crippen LogP contribution in [0.3, 0.4) is 0 Å². The van der Waals surface area contributed by atoms with E-state index in [4.69, 9.17) is 0 Å². The SMILES string of the molecule is Cc1ccc(C)c(-n2c(=O)n(C(C)C)c3cc(C(=O)C[C@@]4(C)CCS(=O)(=O)C4)ccc32)c1. The molecule has 0 bridgehead atoms. The first-order chi connectivity index (χ1) is 14.9. The van der Waals surface area contributed by atoms with Gasteiger partial charge in [0, 0.05) is 18.0 Å². The number of nitrogens with zero attached hydrogens (tertiary/aromatic N) is 2. The van der Waals surface area contributed by atoms with Crippen molar-refractivity contribution in [1.29, 1.82) is 0 Å². The minimum absolute atomic E-state index is 0.0493. The summed E-state index contributed by atoms with van der Waals surface area (Å²) in [6, 6.07) is 11.3. The number of carbonyl (C=O) groups excluding carboxylic acids is 1. The number of Topliss-reactive ketones (excluding diaryl/α,β-unsaturated/α-hetero) is 1. The minimum Gasteiger partial charge on any atom is -0.294 e. The fourth-order valence-corrected chi connectivity index (χ4v) is 7.05. The highest BCUT2D eigenvalue weighted by Crippen LogP contribution is 2.36. The van der Waals surface area contributed by atoms with Crippen LogP contribution in [0.25, 0.3) is 16.7 Å². The van der Waals surface area contributed by atoms with Gasteiger partial charge in [-0.15, -0.1) is 0 Å². The van der Waals surface area contributed by atoms with Gasteiger partial charge in [-0.3, -0.25) is 13.9 Å². The molecule has 2 heterocycles. The predicted octanol–water partition coefficient (Wildman–Crippen LogP) is 4.39. The van der Waals surface area contributed by atoms with Crippen molar-refractivity contribution in [3.05, 3.63) is 63.6 Å². The van der Waals surface area contributed by atoms with Crippen molar-refractivity contribution in [2.45, 2.75) is 53.5 Å². The molecule has 2 aromatic carbocycles. The zero-order chi connectivity index (χ0) is 23.4. The van der Waals surface area contributed by atoms with E-state index in [2.05, 4.69) is 0 Å². The van der Waals surface area contributed by atoms with Crippen molar-refractivity contribution >= 4 is 26.7 Å². The van der Waals surface area contributed by atoms with E-state index >= 15 is 0 Å². The standard InChI is InChI=1S/C25H30N2O4S/c1-16(2)26-22-13-19(23(28)14-25(5)10-11-32(30,31)15-25)8-9-20(22)27(24(26)29)21-12-17(3)6-7-18(21)4/h6-9,12-13,16H,10-11,14-15H2,1-5H3/t25-/m1/s1. The maximum Gasteiger partial charge on any atom is 0.333 e. The Hall–Kier alpha value is -2.67. The molecule has 1 saturated heterocycles. The summed E-state index contributed by atoms with van der Waals surface area (Å²) in [4.78, 5) is 26.6. The van der Waals surface area contributed by atoms with Crippen LogP contribution in [0.5, 0.6) is 0 Å². The normalized spacial score (nSPS) is 20.3. The number of imidazole rings is 1. The van der Waals surface area contributed by atoms with Crippen LogP contribution in [0.15, 0.2) is 41.2 Å². The first-order valence-electron chi connectivity index (χ1n) is 11.0. The Morgan fingerprint density at radius 1 is 1.09 bits per heavy atom. The molecule has 0 amide bonds. The molecule has 0 unspecified atom stereocenters. The maximum absolute atomic E-state index is 13.5. The smallest absolute Gasteiger partial charge is 0.294 e. The number of fused-ring (bicyclic) bond motifs is 1. The van der Waals surface area contributed by atoms with Gasteiger partial charge < -0.3 is 0 Å². The molecule has 1 aliphatic rings. The van der Waals surface area contributed by atoms with Crippen LogP contribution in [0.2, 0.25) is 0 Å². The van der Waals surface area contributed by atoms with Crippen LogP contribution < -0.4 is 5.69 Å². The molecule has 0 N–H and O–H groups in total. The van der Waals surface area contributed by atoms with E-state index in [9.17, 15) is 18.0 Å². The van der Waals surface area contributed by atoms with Crippen LogP contribution in [0.4, 0.5) is 0 Å². The monoisotopic (exact) mass is 454 g/mol. The number of aromatic nitrogens is 2. The van der Waals surface area contributed by atoms with E-state index in [1.807, 2.05) is 58.9 Å². The second kappa shape index (κ2) is 7.73. The Labute approximate surface area is 188 Å². The number of aryl methyl sites for hydroxylation is 2. The van der Waals surface area contributed by atoms with Gasteiger partial charge in [0.25, 0.3) is 0 Å². The first kappa shape index (κ1) is 22.5. The van der Waals surface area contributed by atoms with Crippen LogP contribution in [0.1, 0.15) is 61.1 Å². The summed E-state index contributed by atoms with van der Waals surface area (Å²) < 4.78 is 27.3. The lowest BCUT2D eigenvalue weighted by Gasteiger charge is -2.20. The molecular weight excluding hydrogens is 424 g/mol. The quantitative estimate of drug-likeness (QED) is 0.536. The molecule has 1 fully saturated rings. The van der Waals surface area contributed by atoms with Crippen molar-refractivity contribution in [2.24, 2.45) is 5.41 Å². The molecule has 1 aliphatic heterocycles. The molecule has 6 nitrogen and oxygen atoms in total. The van der Waals surface area contributed by atoms with Crippen molar-refractivity contribution in [1.82, 2.24) is 9.13 Å². The van der Waals surface area contributed by atoms with Gasteiger partial charge in [-0.2, -0.15) is 0 Å². The van der Waals surface area contributed by atoms with Gasteiger partial charge >= 0.3 is 5.69 Å². The highest BCUT2D eigenvalue weighted by molar-refractivity contribution is 7.91. The van der Waals surface area contributed by atoms with E-state index in [1.165, 1.54) is 0 Å². The average Bonchev–Trinajstić information content (AvgIpc) is 3.14. The summed E-state index contributed by atoms with van der Waals surface area (Å²) in [5, 5.41) is 0. The predicted molar refractivity (Wildman–Crippen MR) is 128 cm³/mol. The largest absolute Gasteiger partial charge is 0.333 e. The lowest BCUT2D eigenvalue weighted by Crippen LogP contribution is -2.25. The van der Waals surface area contributed by atoms with Gasteiger partial charge in [0.1, 0.15) is 0 Å². The summed E-state index contributed by atoms with van der Waals surface area (Å²) >= 11 is 0. The third kappa shape index (κ3) is 3.94. The molecule has 0 radical (unpaired) electrons. The number of rotatable bonds is 5. The van der Waals surface area contributed by atoms with Crippen LogP contribution in [-0.4, -0.2) is 34.8 Å². The zero-order valence-corrected chi connectivity index (χ0v) is 20.1.